The number of rotatable bonds is 5. The minimum atomic E-state index is 0.696. The van der Waals surface area contributed by atoms with E-state index in [1.807, 2.05) is 7.05 Å². The van der Waals surface area contributed by atoms with Gasteiger partial charge in [-0.2, -0.15) is 0 Å². The Labute approximate surface area is 104 Å². The number of hydrogen-bond acceptors (Lipinski definition) is 4. The fourth-order valence-corrected chi connectivity index (χ4v) is 2.37. The first-order valence-corrected chi connectivity index (χ1v) is 6.30. The van der Waals surface area contributed by atoms with Crippen LogP contribution in [0.25, 0.3) is 0 Å². The second kappa shape index (κ2) is 5.67. The zero-order chi connectivity index (χ0) is 12.3. The van der Waals surface area contributed by atoms with Crippen molar-refractivity contribution in [3.05, 3.63) is 23.7 Å². The van der Waals surface area contributed by atoms with Gasteiger partial charge in [-0.05, 0) is 39.7 Å². The molecule has 0 amide bonds. The summed E-state index contributed by atoms with van der Waals surface area (Å²) in [5.41, 5.74) is 0. The third kappa shape index (κ3) is 3.31. The van der Waals surface area contributed by atoms with E-state index in [1.165, 1.54) is 13.0 Å². The molecule has 2 heterocycles. The van der Waals surface area contributed by atoms with Crippen LogP contribution in [0.3, 0.4) is 0 Å². The molecule has 1 saturated heterocycles. The topological polar surface area (TPSA) is 31.6 Å². The number of nitrogens with one attached hydrogen (secondary N) is 1. The van der Waals surface area contributed by atoms with Crippen LogP contribution in [0.4, 0.5) is 0 Å². The Morgan fingerprint density at radius 1 is 1.41 bits per heavy atom. The van der Waals surface area contributed by atoms with Crippen molar-refractivity contribution in [3.8, 4) is 0 Å². The lowest BCUT2D eigenvalue weighted by molar-refractivity contribution is 0.250. The van der Waals surface area contributed by atoms with E-state index >= 15 is 0 Å². The van der Waals surface area contributed by atoms with Crippen molar-refractivity contribution in [3.63, 3.8) is 0 Å². The monoisotopic (exact) mass is 237 g/mol. The molecule has 0 bridgehead atoms. The van der Waals surface area contributed by atoms with Crippen molar-refractivity contribution < 1.29 is 4.42 Å². The zero-order valence-electron chi connectivity index (χ0n) is 11.1. The molecule has 1 aliphatic rings. The summed E-state index contributed by atoms with van der Waals surface area (Å²) in [5.74, 6) is 2.10. The predicted molar refractivity (Wildman–Crippen MR) is 68.8 cm³/mol. The Morgan fingerprint density at radius 3 is 2.82 bits per heavy atom. The maximum Gasteiger partial charge on any atom is 0.118 e. The number of nitrogens with zero attached hydrogens (tertiary/aromatic N) is 2. The van der Waals surface area contributed by atoms with Crippen LogP contribution in [0.1, 0.15) is 17.9 Å². The molecule has 1 atom stereocenters. The van der Waals surface area contributed by atoms with Crippen molar-refractivity contribution in [1.29, 1.82) is 0 Å². The average Bonchev–Trinajstić information content (AvgIpc) is 2.89. The number of hydrogen-bond donors (Lipinski definition) is 1. The van der Waals surface area contributed by atoms with Crippen molar-refractivity contribution in [1.82, 2.24) is 15.1 Å². The van der Waals surface area contributed by atoms with Gasteiger partial charge >= 0.3 is 0 Å². The number of likely N-dealkylation sites (tertiary alicyclic amines) is 1. The maximum absolute atomic E-state index is 5.76. The molecule has 96 valence electrons. The molecule has 0 radical (unpaired) electrons. The molecule has 1 aliphatic heterocycles. The summed E-state index contributed by atoms with van der Waals surface area (Å²) in [6.45, 7) is 4.06. The highest BCUT2D eigenvalue weighted by atomic mass is 16.3. The molecule has 1 aromatic rings. The second-order valence-electron chi connectivity index (χ2n) is 5.04. The Kier molecular flexibility index (Phi) is 4.20. The SMILES string of the molecule is CNCc1ccc(CN2CCC(N(C)C)C2)o1. The van der Waals surface area contributed by atoms with Gasteiger partial charge in [-0.3, -0.25) is 4.90 Å². The Bertz CT molecular complexity index is 348. The number of likely N-dealkylation sites (N-methyl/N-ethyl adjacent to an activating group) is 1. The summed E-state index contributed by atoms with van der Waals surface area (Å²) < 4.78 is 5.76. The summed E-state index contributed by atoms with van der Waals surface area (Å²) in [6.07, 6.45) is 1.26. The Morgan fingerprint density at radius 2 is 2.18 bits per heavy atom. The summed E-state index contributed by atoms with van der Waals surface area (Å²) in [5, 5.41) is 3.10. The molecule has 4 nitrogen and oxygen atoms in total. The van der Waals surface area contributed by atoms with Gasteiger partial charge in [0, 0.05) is 19.1 Å². The molecule has 4 heteroatoms. The molecule has 2 rings (SSSR count). The summed E-state index contributed by atoms with van der Waals surface area (Å²) >= 11 is 0. The van der Waals surface area contributed by atoms with E-state index in [0.29, 0.717) is 6.04 Å². The fourth-order valence-electron chi connectivity index (χ4n) is 2.37. The number of furan rings is 1. The molecule has 0 aliphatic carbocycles. The van der Waals surface area contributed by atoms with Gasteiger partial charge in [-0.25, -0.2) is 0 Å². The van der Waals surface area contributed by atoms with E-state index in [9.17, 15) is 0 Å². The van der Waals surface area contributed by atoms with E-state index in [1.54, 1.807) is 0 Å². The summed E-state index contributed by atoms with van der Waals surface area (Å²) in [6, 6.07) is 4.85. The molecule has 0 saturated carbocycles. The zero-order valence-corrected chi connectivity index (χ0v) is 11.1. The molecule has 0 aromatic carbocycles. The first-order valence-electron chi connectivity index (χ1n) is 6.30. The van der Waals surface area contributed by atoms with E-state index < -0.39 is 0 Å². The van der Waals surface area contributed by atoms with E-state index in [0.717, 1.165) is 31.2 Å². The van der Waals surface area contributed by atoms with Gasteiger partial charge in [0.15, 0.2) is 0 Å². The van der Waals surface area contributed by atoms with Gasteiger partial charge < -0.3 is 14.6 Å². The van der Waals surface area contributed by atoms with Crippen molar-refractivity contribution in [2.24, 2.45) is 0 Å². The van der Waals surface area contributed by atoms with Gasteiger partial charge in [0.1, 0.15) is 11.5 Å². The fraction of sp³-hybridized carbons (Fsp3) is 0.692. The minimum Gasteiger partial charge on any atom is -0.463 e. The first-order chi connectivity index (χ1) is 8.19. The smallest absolute Gasteiger partial charge is 0.118 e. The summed E-state index contributed by atoms with van der Waals surface area (Å²) in [4.78, 5) is 4.78. The Hall–Kier alpha value is -0.840. The lowest BCUT2D eigenvalue weighted by Gasteiger charge is -2.19. The van der Waals surface area contributed by atoms with Gasteiger partial charge in [0.05, 0.1) is 13.1 Å². The van der Waals surface area contributed by atoms with Crippen LogP contribution in [-0.4, -0.2) is 50.1 Å². The van der Waals surface area contributed by atoms with Gasteiger partial charge in [-0.1, -0.05) is 0 Å². The molecule has 17 heavy (non-hydrogen) atoms. The van der Waals surface area contributed by atoms with E-state index in [2.05, 4.69) is 41.3 Å². The van der Waals surface area contributed by atoms with E-state index in [-0.39, 0.29) is 0 Å². The van der Waals surface area contributed by atoms with Gasteiger partial charge in [0.25, 0.3) is 0 Å². The van der Waals surface area contributed by atoms with E-state index in [4.69, 9.17) is 4.42 Å². The minimum absolute atomic E-state index is 0.696. The lowest BCUT2D eigenvalue weighted by atomic mass is 10.2. The van der Waals surface area contributed by atoms with Gasteiger partial charge in [-0.15, -0.1) is 0 Å². The van der Waals surface area contributed by atoms with Crippen LogP contribution in [0.5, 0.6) is 0 Å². The highest BCUT2D eigenvalue weighted by Gasteiger charge is 2.24. The van der Waals surface area contributed by atoms with Crippen LogP contribution in [0.2, 0.25) is 0 Å². The second-order valence-corrected chi connectivity index (χ2v) is 5.04. The third-order valence-electron chi connectivity index (χ3n) is 3.43. The van der Waals surface area contributed by atoms with Crippen LogP contribution in [-0.2, 0) is 13.1 Å². The van der Waals surface area contributed by atoms with Gasteiger partial charge in [0.2, 0.25) is 0 Å². The molecule has 1 fully saturated rings. The largest absolute Gasteiger partial charge is 0.463 e. The first kappa shape index (κ1) is 12.6. The van der Waals surface area contributed by atoms with Crippen LogP contribution < -0.4 is 5.32 Å². The molecule has 0 spiro atoms. The van der Waals surface area contributed by atoms with Crippen LogP contribution >= 0.6 is 0 Å². The van der Waals surface area contributed by atoms with Crippen LogP contribution in [0, 0.1) is 0 Å². The quantitative estimate of drug-likeness (QED) is 0.832. The molecule has 1 aromatic heterocycles. The predicted octanol–water partition coefficient (Wildman–Crippen LogP) is 1.13. The highest BCUT2D eigenvalue weighted by molar-refractivity contribution is 5.07. The van der Waals surface area contributed by atoms with Crippen molar-refractivity contribution in [2.45, 2.75) is 25.6 Å². The normalized spacial score (nSPS) is 21.5. The molecular weight excluding hydrogens is 214 g/mol. The summed E-state index contributed by atoms with van der Waals surface area (Å²) in [7, 11) is 6.25. The highest BCUT2D eigenvalue weighted by Crippen LogP contribution is 2.17. The lowest BCUT2D eigenvalue weighted by Crippen LogP contribution is -2.31. The molecule has 1 unspecified atom stereocenters. The maximum atomic E-state index is 5.76. The molecule has 1 N–H and O–H groups in total. The standard InChI is InChI=1S/C13H23N3O/c1-14-8-12-4-5-13(17-12)10-16-7-6-11(9-16)15(2)3/h4-5,11,14H,6-10H2,1-3H3. The third-order valence-corrected chi connectivity index (χ3v) is 3.43. The molecular formula is C13H23N3O. The van der Waals surface area contributed by atoms with Crippen molar-refractivity contribution in [2.75, 3.05) is 34.2 Å². The average molecular weight is 237 g/mol. The van der Waals surface area contributed by atoms with Crippen LogP contribution in [0.15, 0.2) is 16.5 Å². The van der Waals surface area contributed by atoms with Crippen molar-refractivity contribution >= 4 is 0 Å². The Balaban J connectivity index is 1.84.